The minimum absolute atomic E-state index is 0.0746. The van der Waals surface area contributed by atoms with Gasteiger partial charge in [0.1, 0.15) is 0 Å². The van der Waals surface area contributed by atoms with Crippen LogP contribution in [0.15, 0.2) is 29.2 Å². The van der Waals surface area contributed by atoms with Gasteiger partial charge in [-0.15, -0.1) is 0 Å². The molecule has 17 heavy (non-hydrogen) atoms. The van der Waals surface area contributed by atoms with Crippen molar-refractivity contribution in [2.24, 2.45) is 0 Å². The highest BCUT2D eigenvalue weighted by atomic mass is 32.2. The first kappa shape index (κ1) is 12.1. The van der Waals surface area contributed by atoms with E-state index in [4.69, 9.17) is 0 Å². The average Bonchev–Trinajstić information content (AvgIpc) is 2.63. The highest BCUT2D eigenvalue weighted by Gasteiger charge is 2.27. The van der Waals surface area contributed by atoms with Gasteiger partial charge in [0.15, 0.2) is 9.84 Å². The van der Waals surface area contributed by atoms with Crippen molar-refractivity contribution in [3.05, 3.63) is 29.8 Å². The molecule has 0 aromatic heterocycles. The molecule has 6 heteroatoms. The first-order chi connectivity index (χ1) is 7.97. The fourth-order valence-corrected chi connectivity index (χ4v) is 3.19. The van der Waals surface area contributed by atoms with Gasteiger partial charge in [0.2, 0.25) is 5.91 Å². The molecule has 1 aromatic rings. The number of sulfone groups is 1. The zero-order valence-corrected chi connectivity index (χ0v) is 10.3. The lowest BCUT2D eigenvalue weighted by molar-refractivity contribution is -0.119. The Morgan fingerprint density at radius 1 is 1.29 bits per heavy atom. The van der Waals surface area contributed by atoms with Crippen molar-refractivity contribution in [3.63, 3.8) is 0 Å². The van der Waals surface area contributed by atoms with E-state index in [0.29, 0.717) is 4.90 Å². The van der Waals surface area contributed by atoms with Crippen LogP contribution in [0.4, 0.5) is 0 Å². The van der Waals surface area contributed by atoms with Gasteiger partial charge in [0, 0.05) is 12.5 Å². The Balaban J connectivity index is 2.14. The fraction of sp³-hybridized carbons (Fsp3) is 0.364. The maximum absolute atomic E-state index is 12.0. The standard InChI is InChI=1S/C11H14N2O3S/c1-8-2-4-10(5-3-8)17(15,16)7-9-6-11(14)13-12-9/h2-5,9,12H,6-7H2,1H3,(H,13,14). The average molecular weight is 254 g/mol. The second-order valence-corrected chi connectivity index (χ2v) is 6.22. The van der Waals surface area contributed by atoms with Crippen molar-refractivity contribution < 1.29 is 13.2 Å². The fourth-order valence-electron chi connectivity index (χ4n) is 1.72. The molecule has 1 saturated heterocycles. The van der Waals surface area contributed by atoms with Crippen LogP contribution >= 0.6 is 0 Å². The van der Waals surface area contributed by atoms with E-state index >= 15 is 0 Å². The summed E-state index contributed by atoms with van der Waals surface area (Å²) in [4.78, 5) is 11.2. The van der Waals surface area contributed by atoms with Crippen molar-refractivity contribution in [2.75, 3.05) is 5.75 Å². The van der Waals surface area contributed by atoms with Gasteiger partial charge >= 0.3 is 0 Å². The van der Waals surface area contributed by atoms with Gasteiger partial charge in [-0.25, -0.2) is 13.8 Å². The van der Waals surface area contributed by atoms with E-state index in [2.05, 4.69) is 10.9 Å². The van der Waals surface area contributed by atoms with E-state index < -0.39 is 9.84 Å². The molecule has 1 aliphatic heterocycles. The molecule has 0 aliphatic carbocycles. The quantitative estimate of drug-likeness (QED) is 0.806. The van der Waals surface area contributed by atoms with Crippen molar-refractivity contribution in [2.45, 2.75) is 24.3 Å². The number of carbonyl (C=O) groups is 1. The summed E-state index contributed by atoms with van der Waals surface area (Å²) < 4.78 is 24.1. The van der Waals surface area contributed by atoms with Gasteiger partial charge in [0.05, 0.1) is 10.6 Å². The maximum Gasteiger partial charge on any atom is 0.235 e. The van der Waals surface area contributed by atoms with E-state index in [1.54, 1.807) is 24.3 Å². The largest absolute Gasteiger partial charge is 0.291 e. The lowest BCUT2D eigenvalue weighted by atomic mass is 10.2. The van der Waals surface area contributed by atoms with Crippen LogP contribution in [-0.2, 0) is 14.6 Å². The molecule has 0 radical (unpaired) electrons. The van der Waals surface area contributed by atoms with Crippen molar-refractivity contribution >= 4 is 15.7 Å². The summed E-state index contributed by atoms with van der Waals surface area (Å²) in [5, 5.41) is 0. The molecule has 0 bridgehead atoms. The van der Waals surface area contributed by atoms with Gasteiger partial charge in [-0.1, -0.05) is 17.7 Å². The Morgan fingerprint density at radius 2 is 1.94 bits per heavy atom. The SMILES string of the molecule is Cc1ccc(S(=O)(=O)CC2CC(=O)NN2)cc1. The van der Waals surface area contributed by atoms with E-state index in [1.807, 2.05) is 6.92 Å². The zero-order chi connectivity index (χ0) is 12.5. The molecule has 1 aromatic carbocycles. The van der Waals surface area contributed by atoms with Crippen LogP contribution in [-0.4, -0.2) is 26.1 Å². The third-order valence-electron chi connectivity index (χ3n) is 2.65. The number of hydrogen-bond donors (Lipinski definition) is 2. The summed E-state index contributed by atoms with van der Waals surface area (Å²) in [5.74, 6) is -0.247. The van der Waals surface area contributed by atoms with Crippen LogP contribution in [0.3, 0.4) is 0 Å². The minimum Gasteiger partial charge on any atom is -0.291 e. The molecule has 1 unspecified atom stereocenters. The maximum atomic E-state index is 12.0. The number of benzene rings is 1. The van der Waals surface area contributed by atoms with E-state index in [9.17, 15) is 13.2 Å². The van der Waals surface area contributed by atoms with Gasteiger partial charge in [0.25, 0.3) is 0 Å². The molecule has 1 heterocycles. The van der Waals surface area contributed by atoms with Gasteiger partial charge in [-0.2, -0.15) is 0 Å². The van der Waals surface area contributed by atoms with Crippen LogP contribution in [0.25, 0.3) is 0 Å². The summed E-state index contributed by atoms with van der Waals surface area (Å²) in [7, 11) is -3.34. The first-order valence-corrected chi connectivity index (χ1v) is 6.96. The monoisotopic (exact) mass is 254 g/mol. The number of amides is 1. The molecule has 2 N–H and O–H groups in total. The Labute approximate surface area is 100 Å². The van der Waals surface area contributed by atoms with Crippen molar-refractivity contribution in [1.29, 1.82) is 0 Å². The van der Waals surface area contributed by atoms with Crippen LogP contribution in [0.5, 0.6) is 0 Å². The van der Waals surface area contributed by atoms with Crippen molar-refractivity contribution in [3.8, 4) is 0 Å². The Bertz CT molecular complexity index is 522. The summed E-state index contributed by atoms with van der Waals surface area (Å²) in [6.45, 7) is 1.90. The Morgan fingerprint density at radius 3 is 2.47 bits per heavy atom. The molecular formula is C11H14N2O3S. The molecule has 92 valence electrons. The molecule has 5 nitrogen and oxygen atoms in total. The number of hydrazine groups is 1. The predicted octanol–water partition coefficient (Wildman–Crippen LogP) is 0.162. The Kier molecular flexibility index (Phi) is 3.17. The van der Waals surface area contributed by atoms with Gasteiger partial charge in [-0.05, 0) is 19.1 Å². The number of nitrogens with one attached hydrogen (secondary N) is 2. The molecule has 0 spiro atoms. The van der Waals surface area contributed by atoms with Crippen LogP contribution < -0.4 is 10.9 Å². The second kappa shape index (κ2) is 4.46. The highest BCUT2D eigenvalue weighted by Crippen LogP contribution is 2.14. The second-order valence-electron chi connectivity index (χ2n) is 4.19. The number of carbonyl (C=O) groups excluding carboxylic acids is 1. The molecule has 1 aliphatic rings. The molecule has 1 atom stereocenters. The zero-order valence-electron chi connectivity index (χ0n) is 9.43. The van der Waals surface area contributed by atoms with Gasteiger partial charge < -0.3 is 0 Å². The van der Waals surface area contributed by atoms with E-state index in [1.165, 1.54) is 0 Å². The van der Waals surface area contributed by atoms with Crippen LogP contribution in [0.2, 0.25) is 0 Å². The van der Waals surface area contributed by atoms with Crippen molar-refractivity contribution in [1.82, 2.24) is 10.9 Å². The lowest BCUT2D eigenvalue weighted by Gasteiger charge is -2.09. The normalized spacial score (nSPS) is 20.3. The number of hydrogen-bond acceptors (Lipinski definition) is 4. The molecule has 2 rings (SSSR count). The van der Waals surface area contributed by atoms with Crippen LogP contribution in [0.1, 0.15) is 12.0 Å². The molecular weight excluding hydrogens is 240 g/mol. The summed E-state index contributed by atoms with van der Waals surface area (Å²) >= 11 is 0. The summed E-state index contributed by atoms with van der Waals surface area (Å²) in [6, 6.07) is 6.36. The summed E-state index contributed by atoms with van der Waals surface area (Å²) in [6.07, 6.45) is 0.199. The predicted molar refractivity (Wildman–Crippen MR) is 62.9 cm³/mol. The van der Waals surface area contributed by atoms with E-state index in [-0.39, 0.29) is 24.1 Å². The topological polar surface area (TPSA) is 75.3 Å². The molecule has 1 fully saturated rings. The Hall–Kier alpha value is -1.40. The molecule has 1 amide bonds. The molecule has 0 saturated carbocycles. The smallest absolute Gasteiger partial charge is 0.235 e. The first-order valence-electron chi connectivity index (χ1n) is 5.31. The lowest BCUT2D eigenvalue weighted by Crippen LogP contribution is -2.35. The third-order valence-corrected chi connectivity index (χ3v) is 4.48. The number of aryl methyl sites for hydroxylation is 1. The summed E-state index contributed by atoms with van der Waals surface area (Å²) in [5.41, 5.74) is 6.08. The van der Waals surface area contributed by atoms with Gasteiger partial charge in [-0.3, -0.25) is 10.2 Å². The van der Waals surface area contributed by atoms with E-state index in [0.717, 1.165) is 5.56 Å². The third kappa shape index (κ3) is 2.83. The number of rotatable bonds is 3. The highest BCUT2D eigenvalue weighted by molar-refractivity contribution is 7.91. The van der Waals surface area contributed by atoms with Crippen LogP contribution in [0, 0.1) is 6.92 Å². The minimum atomic E-state index is -3.34.